The molecule has 2 rings (SSSR count). The lowest BCUT2D eigenvalue weighted by Crippen LogP contribution is -2.34. The average Bonchev–Trinajstić information content (AvgIpc) is 2.50. The van der Waals surface area contributed by atoms with Crippen LogP contribution in [0.3, 0.4) is 0 Å². The molecule has 1 aromatic heterocycles. The molecule has 1 unspecified atom stereocenters. The Kier molecular flexibility index (Phi) is 5.63. The van der Waals surface area contributed by atoms with Gasteiger partial charge < -0.3 is 10.5 Å². The molecule has 0 bridgehead atoms. The molecule has 0 spiro atoms. The number of hydrogen-bond donors (Lipinski definition) is 1. The van der Waals surface area contributed by atoms with Crippen LogP contribution in [0.5, 0.6) is 0 Å². The third-order valence-corrected chi connectivity index (χ3v) is 4.14. The Labute approximate surface area is 128 Å². The molecule has 1 amide bonds. The largest absolute Gasteiger partial charge is 0.618 e. The number of aromatic nitrogens is 1. The summed E-state index contributed by atoms with van der Waals surface area (Å²) in [6, 6.07) is 15.2. The van der Waals surface area contributed by atoms with E-state index in [1.54, 1.807) is 25.1 Å². The first kappa shape index (κ1) is 15.4. The van der Waals surface area contributed by atoms with E-state index in [0.29, 0.717) is 11.6 Å². The van der Waals surface area contributed by atoms with Crippen molar-refractivity contribution in [3.05, 3.63) is 65.5 Å². The SMILES string of the molecule is CC(Sc1cccc[n+]1[O-])C(=O)NCCc1ccccc1. The van der Waals surface area contributed by atoms with Crippen LogP contribution in [0.25, 0.3) is 0 Å². The van der Waals surface area contributed by atoms with E-state index in [2.05, 4.69) is 5.32 Å². The van der Waals surface area contributed by atoms with Crippen LogP contribution in [-0.4, -0.2) is 17.7 Å². The fourth-order valence-electron chi connectivity index (χ4n) is 1.86. The van der Waals surface area contributed by atoms with E-state index < -0.39 is 0 Å². The first-order valence-electron chi connectivity index (χ1n) is 6.83. The number of rotatable bonds is 6. The Morgan fingerprint density at radius 1 is 1.24 bits per heavy atom. The highest BCUT2D eigenvalue weighted by atomic mass is 32.2. The van der Waals surface area contributed by atoms with Crippen LogP contribution in [-0.2, 0) is 11.2 Å². The van der Waals surface area contributed by atoms with Gasteiger partial charge in [0.05, 0.1) is 5.25 Å². The standard InChI is InChI=1S/C16H18N2O2S/c1-13(21-15-9-5-6-12-18(15)20)16(19)17-11-10-14-7-3-2-4-8-14/h2-9,12-13H,10-11H2,1H3,(H,17,19). The van der Waals surface area contributed by atoms with Crippen LogP contribution >= 0.6 is 11.8 Å². The fraction of sp³-hybridized carbons (Fsp3) is 0.250. The van der Waals surface area contributed by atoms with Crippen molar-refractivity contribution in [3.8, 4) is 0 Å². The molecule has 0 fully saturated rings. The van der Waals surface area contributed by atoms with E-state index in [-0.39, 0.29) is 11.2 Å². The zero-order chi connectivity index (χ0) is 15.1. The number of pyridine rings is 1. The first-order valence-corrected chi connectivity index (χ1v) is 7.71. The van der Waals surface area contributed by atoms with Gasteiger partial charge in [-0.1, -0.05) is 30.3 Å². The Balaban J connectivity index is 1.79. The molecule has 1 atom stereocenters. The summed E-state index contributed by atoms with van der Waals surface area (Å²) in [4.78, 5) is 12.0. The number of hydrogen-bond acceptors (Lipinski definition) is 3. The molecular weight excluding hydrogens is 284 g/mol. The van der Waals surface area contributed by atoms with Crippen LogP contribution in [0.2, 0.25) is 0 Å². The second-order valence-electron chi connectivity index (χ2n) is 4.65. The van der Waals surface area contributed by atoms with E-state index in [1.807, 2.05) is 30.3 Å². The van der Waals surface area contributed by atoms with Crippen LogP contribution in [0.4, 0.5) is 0 Å². The minimum Gasteiger partial charge on any atom is -0.618 e. The van der Waals surface area contributed by atoms with E-state index in [9.17, 15) is 10.0 Å². The van der Waals surface area contributed by atoms with Crippen molar-refractivity contribution in [3.63, 3.8) is 0 Å². The van der Waals surface area contributed by atoms with Crippen molar-refractivity contribution in [2.45, 2.75) is 23.6 Å². The number of amides is 1. The van der Waals surface area contributed by atoms with E-state index in [4.69, 9.17) is 0 Å². The monoisotopic (exact) mass is 302 g/mol. The van der Waals surface area contributed by atoms with Crippen LogP contribution in [0, 0.1) is 5.21 Å². The lowest BCUT2D eigenvalue weighted by atomic mass is 10.1. The predicted molar refractivity (Wildman–Crippen MR) is 83.9 cm³/mol. The molecule has 0 saturated carbocycles. The van der Waals surface area contributed by atoms with E-state index >= 15 is 0 Å². The van der Waals surface area contributed by atoms with Gasteiger partial charge in [0, 0.05) is 18.7 Å². The summed E-state index contributed by atoms with van der Waals surface area (Å²) >= 11 is 1.26. The predicted octanol–water partition coefficient (Wildman–Crippen LogP) is 2.16. The Hall–Kier alpha value is -2.01. The maximum Gasteiger partial charge on any atom is 0.252 e. The topological polar surface area (TPSA) is 56.0 Å². The van der Waals surface area contributed by atoms with Crippen molar-refractivity contribution in [2.24, 2.45) is 0 Å². The molecule has 1 heterocycles. The minimum absolute atomic E-state index is 0.0558. The number of nitrogens with zero attached hydrogens (tertiary/aromatic N) is 1. The van der Waals surface area contributed by atoms with Gasteiger partial charge >= 0.3 is 0 Å². The summed E-state index contributed by atoms with van der Waals surface area (Å²) in [6.45, 7) is 2.40. The van der Waals surface area contributed by atoms with Crippen LogP contribution in [0.1, 0.15) is 12.5 Å². The third kappa shape index (κ3) is 4.79. The van der Waals surface area contributed by atoms with Crippen molar-refractivity contribution in [2.75, 3.05) is 6.54 Å². The summed E-state index contributed by atoms with van der Waals surface area (Å²) in [5.74, 6) is -0.0558. The molecule has 1 N–H and O–H groups in total. The second kappa shape index (κ2) is 7.69. The molecule has 2 aromatic rings. The number of carbonyl (C=O) groups excluding carboxylic acids is 1. The Bertz CT molecular complexity index is 590. The molecule has 0 aliphatic rings. The van der Waals surface area contributed by atoms with E-state index in [0.717, 1.165) is 11.2 Å². The quantitative estimate of drug-likeness (QED) is 0.505. The summed E-state index contributed by atoms with van der Waals surface area (Å²) in [5.41, 5.74) is 1.19. The molecule has 110 valence electrons. The minimum atomic E-state index is -0.302. The molecule has 0 radical (unpaired) electrons. The van der Waals surface area contributed by atoms with Crippen molar-refractivity contribution < 1.29 is 9.52 Å². The summed E-state index contributed by atoms with van der Waals surface area (Å²) in [6.07, 6.45) is 2.24. The van der Waals surface area contributed by atoms with Gasteiger partial charge in [-0.25, -0.2) is 0 Å². The summed E-state index contributed by atoms with van der Waals surface area (Å²) in [7, 11) is 0. The van der Waals surface area contributed by atoms with Crippen molar-refractivity contribution in [1.82, 2.24) is 5.32 Å². The van der Waals surface area contributed by atoms with Gasteiger partial charge in [-0.05, 0) is 36.7 Å². The highest BCUT2D eigenvalue weighted by Crippen LogP contribution is 2.19. The maximum atomic E-state index is 12.0. The van der Waals surface area contributed by atoms with Crippen LogP contribution < -0.4 is 10.0 Å². The normalized spacial score (nSPS) is 11.9. The van der Waals surface area contributed by atoms with Gasteiger partial charge in [0.2, 0.25) is 5.91 Å². The number of thioether (sulfide) groups is 1. The molecule has 21 heavy (non-hydrogen) atoms. The fourth-order valence-corrected chi connectivity index (χ4v) is 2.73. The molecule has 0 aliphatic heterocycles. The average molecular weight is 302 g/mol. The van der Waals surface area contributed by atoms with E-state index in [1.165, 1.54) is 23.5 Å². The lowest BCUT2D eigenvalue weighted by molar-refractivity contribution is -0.645. The second-order valence-corrected chi connectivity index (χ2v) is 6.01. The smallest absolute Gasteiger partial charge is 0.252 e. The summed E-state index contributed by atoms with van der Waals surface area (Å²) in [5, 5.41) is 14.7. The van der Waals surface area contributed by atoms with Gasteiger partial charge in [-0.15, -0.1) is 0 Å². The zero-order valence-corrected chi connectivity index (χ0v) is 12.7. The maximum absolute atomic E-state index is 12.0. The molecule has 1 aromatic carbocycles. The highest BCUT2D eigenvalue weighted by Gasteiger charge is 2.17. The van der Waals surface area contributed by atoms with Gasteiger partial charge in [0.25, 0.3) is 5.03 Å². The number of carbonyl (C=O) groups is 1. The summed E-state index contributed by atoms with van der Waals surface area (Å²) < 4.78 is 0.776. The van der Waals surface area contributed by atoms with Gasteiger partial charge in [-0.3, -0.25) is 4.79 Å². The van der Waals surface area contributed by atoms with Gasteiger partial charge in [0.15, 0.2) is 6.20 Å². The van der Waals surface area contributed by atoms with Crippen molar-refractivity contribution in [1.29, 1.82) is 0 Å². The van der Waals surface area contributed by atoms with Gasteiger partial charge in [-0.2, -0.15) is 4.73 Å². The van der Waals surface area contributed by atoms with Crippen LogP contribution in [0.15, 0.2) is 59.8 Å². The number of benzene rings is 1. The Morgan fingerprint density at radius 3 is 2.67 bits per heavy atom. The highest BCUT2D eigenvalue weighted by molar-refractivity contribution is 8.00. The third-order valence-electron chi connectivity index (χ3n) is 3.01. The molecule has 0 saturated heterocycles. The lowest BCUT2D eigenvalue weighted by Gasteiger charge is -2.11. The zero-order valence-electron chi connectivity index (χ0n) is 11.9. The van der Waals surface area contributed by atoms with Gasteiger partial charge in [0.1, 0.15) is 0 Å². The molecular formula is C16H18N2O2S. The molecule has 4 nitrogen and oxygen atoms in total. The van der Waals surface area contributed by atoms with Crippen molar-refractivity contribution >= 4 is 17.7 Å². The Morgan fingerprint density at radius 2 is 1.95 bits per heavy atom. The number of nitrogens with one attached hydrogen (secondary N) is 1. The molecule has 0 aliphatic carbocycles. The molecule has 5 heteroatoms. The first-order chi connectivity index (χ1) is 10.2.